The molecule has 0 radical (unpaired) electrons. The van der Waals surface area contributed by atoms with E-state index in [0.29, 0.717) is 29.0 Å². The minimum absolute atomic E-state index is 0.183. The Morgan fingerprint density at radius 3 is 2.48 bits per heavy atom. The highest BCUT2D eigenvalue weighted by atomic mass is 32.2. The SMILES string of the molecule is COc1ccccc1OCc1nnc(S[C@@H](C)C(=O)[O-])n1CCc1ccccc1. The summed E-state index contributed by atoms with van der Waals surface area (Å²) >= 11 is 1.11. The van der Waals surface area contributed by atoms with Crippen LogP contribution in [0.25, 0.3) is 0 Å². The summed E-state index contributed by atoms with van der Waals surface area (Å²) in [6.07, 6.45) is 0.758. The number of aromatic nitrogens is 3. The van der Waals surface area contributed by atoms with Gasteiger partial charge in [-0.2, -0.15) is 0 Å². The fourth-order valence-corrected chi connectivity index (χ4v) is 3.53. The van der Waals surface area contributed by atoms with Gasteiger partial charge in [0, 0.05) is 11.8 Å². The van der Waals surface area contributed by atoms with Crippen molar-refractivity contribution in [1.29, 1.82) is 0 Å². The van der Waals surface area contributed by atoms with Gasteiger partial charge in [0.05, 0.1) is 13.1 Å². The van der Waals surface area contributed by atoms with Crippen LogP contribution < -0.4 is 14.6 Å². The second-order valence-corrected chi connectivity index (χ2v) is 7.61. The quantitative estimate of drug-likeness (QED) is 0.472. The number of carbonyl (C=O) groups is 1. The maximum atomic E-state index is 11.2. The number of ether oxygens (including phenoxy) is 2. The number of rotatable bonds is 10. The molecule has 0 saturated heterocycles. The summed E-state index contributed by atoms with van der Waals surface area (Å²) in [5.41, 5.74) is 1.17. The summed E-state index contributed by atoms with van der Waals surface area (Å²) in [6.45, 7) is 2.35. The van der Waals surface area contributed by atoms with E-state index in [1.54, 1.807) is 14.0 Å². The number of carboxylic acids is 1. The molecule has 0 fully saturated rings. The van der Waals surface area contributed by atoms with Crippen LogP contribution in [-0.4, -0.2) is 33.1 Å². The molecule has 0 unspecified atom stereocenters. The monoisotopic (exact) mass is 412 g/mol. The van der Waals surface area contributed by atoms with Crippen molar-refractivity contribution in [2.24, 2.45) is 0 Å². The molecule has 0 aliphatic carbocycles. The van der Waals surface area contributed by atoms with Crippen molar-refractivity contribution in [1.82, 2.24) is 14.8 Å². The smallest absolute Gasteiger partial charge is 0.191 e. The third kappa shape index (κ3) is 5.51. The molecule has 8 heteroatoms. The van der Waals surface area contributed by atoms with Gasteiger partial charge in [0.1, 0.15) is 6.61 Å². The standard InChI is InChI=1S/C21H23N3O4S/c1-15(20(25)26)29-21-23-22-19(14-28-18-11-7-6-10-17(18)27-2)24(21)13-12-16-8-4-3-5-9-16/h3-11,15H,12-14H2,1-2H3,(H,25,26)/p-1/t15-/m0/s1. The van der Waals surface area contributed by atoms with Crippen LogP contribution >= 0.6 is 11.8 Å². The van der Waals surface area contributed by atoms with Gasteiger partial charge < -0.3 is 23.9 Å². The Morgan fingerprint density at radius 1 is 1.10 bits per heavy atom. The normalized spacial score (nSPS) is 11.8. The molecule has 0 aliphatic heterocycles. The molecular formula is C21H22N3O4S-. The second kappa shape index (κ2) is 9.97. The van der Waals surface area contributed by atoms with Crippen LogP contribution in [0.3, 0.4) is 0 Å². The summed E-state index contributed by atoms with van der Waals surface area (Å²) in [6, 6.07) is 17.4. The molecule has 29 heavy (non-hydrogen) atoms. The number of nitrogens with zero attached hydrogens (tertiary/aromatic N) is 3. The number of carbonyl (C=O) groups excluding carboxylic acids is 1. The van der Waals surface area contributed by atoms with Crippen molar-refractivity contribution in [2.75, 3.05) is 7.11 Å². The largest absolute Gasteiger partial charge is 0.549 e. The molecule has 0 N–H and O–H groups in total. The zero-order valence-corrected chi connectivity index (χ0v) is 17.1. The van der Waals surface area contributed by atoms with E-state index in [9.17, 15) is 9.90 Å². The van der Waals surface area contributed by atoms with E-state index in [2.05, 4.69) is 10.2 Å². The number of aryl methyl sites for hydroxylation is 1. The first-order chi connectivity index (χ1) is 14.1. The number of hydrogen-bond acceptors (Lipinski definition) is 7. The molecule has 1 heterocycles. The maximum absolute atomic E-state index is 11.2. The lowest BCUT2D eigenvalue weighted by Gasteiger charge is -2.15. The van der Waals surface area contributed by atoms with Crippen molar-refractivity contribution >= 4 is 17.7 Å². The van der Waals surface area contributed by atoms with Gasteiger partial charge >= 0.3 is 0 Å². The molecule has 0 spiro atoms. The van der Waals surface area contributed by atoms with Gasteiger partial charge in [-0.25, -0.2) is 0 Å². The van der Waals surface area contributed by atoms with Gasteiger partial charge in [-0.05, 0) is 31.0 Å². The van der Waals surface area contributed by atoms with Crippen molar-refractivity contribution in [2.45, 2.75) is 36.9 Å². The fraction of sp³-hybridized carbons (Fsp3) is 0.286. The molecule has 0 saturated carbocycles. The Morgan fingerprint density at radius 2 is 1.79 bits per heavy atom. The highest BCUT2D eigenvalue weighted by Crippen LogP contribution is 2.27. The van der Waals surface area contributed by atoms with E-state index in [1.165, 1.54) is 5.56 Å². The average molecular weight is 412 g/mol. The van der Waals surface area contributed by atoms with Gasteiger partial charge in [-0.3, -0.25) is 0 Å². The minimum Gasteiger partial charge on any atom is -0.549 e. The van der Waals surface area contributed by atoms with Crippen molar-refractivity contribution in [3.63, 3.8) is 0 Å². The summed E-state index contributed by atoms with van der Waals surface area (Å²) in [5, 5.41) is 19.3. The van der Waals surface area contributed by atoms with E-state index >= 15 is 0 Å². The Labute approximate surface area is 173 Å². The van der Waals surface area contributed by atoms with Crippen LogP contribution in [0.2, 0.25) is 0 Å². The van der Waals surface area contributed by atoms with Gasteiger partial charge in [-0.1, -0.05) is 54.2 Å². The first-order valence-corrected chi connectivity index (χ1v) is 10.1. The zero-order valence-electron chi connectivity index (χ0n) is 16.3. The third-order valence-electron chi connectivity index (χ3n) is 4.30. The van der Waals surface area contributed by atoms with Crippen LogP contribution in [0, 0.1) is 0 Å². The molecule has 152 valence electrons. The number of benzene rings is 2. The zero-order chi connectivity index (χ0) is 20.6. The van der Waals surface area contributed by atoms with E-state index in [0.717, 1.165) is 18.2 Å². The molecule has 0 bridgehead atoms. The van der Waals surface area contributed by atoms with Crippen LogP contribution in [0.15, 0.2) is 59.8 Å². The summed E-state index contributed by atoms with van der Waals surface area (Å²) in [7, 11) is 1.58. The van der Waals surface area contributed by atoms with E-state index in [1.807, 2.05) is 59.2 Å². The van der Waals surface area contributed by atoms with Crippen LogP contribution in [0.1, 0.15) is 18.3 Å². The molecule has 0 amide bonds. The second-order valence-electron chi connectivity index (χ2n) is 6.30. The highest BCUT2D eigenvalue weighted by Gasteiger charge is 2.17. The Bertz CT molecular complexity index is 946. The molecule has 7 nitrogen and oxygen atoms in total. The number of para-hydroxylation sites is 2. The molecular weight excluding hydrogens is 390 g/mol. The van der Waals surface area contributed by atoms with E-state index < -0.39 is 11.2 Å². The number of thioether (sulfide) groups is 1. The molecule has 2 aromatic carbocycles. The molecule has 1 atom stereocenters. The summed E-state index contributed by atoms with van der Waals surface area (Å²) in [4.78, 5) is 11.2. The van der Waals surface area contributed by atoms with Gasteiger partial charge in [0.15, 0.2) is 22.5 Å². The number of hydrogen-bond donors (Lipinski definition) is 0. The number of methoxy groups -OCH3 is 1. The third-order valence-corrected chi connectivity index (χ3v) is 5.36. The van der Waals surface area contributed by atoms with Crippen LogP contribution in [-0.2, 0) is 24.4 Å². The average Bonchev–Trinajstić information content (AvgIpc) is 3.12. The molecule has 0 aliphatic rings. The molecule has 1 aromatic heterocycles. The predicted octanol–water partition coefficient (Wildman–Crippen LogP) is 2.34. The Hall–Kier alpha value is -3.00. The lowest BCUT2D eigenvalue weighted by molar-refractivity contribution is -0.304. The summed E-state index contributed by atoms with van der Waals surface area (Å²) in [5.74, 6) is 0.701. The van der Waals surface area contributed by atoms with Crippen molar-refractivity contribution < 1.29 is 19.4 Å². The van der Waals surface area contributed by atoms with Crippen LogP contribution in [0.5, 0.6) is 11.5 Å². The van der Waals surface area contributed by atoms with E-state index in [-0.39, 0.29) is 6.61 Å². The maximum Gasteiger partial charge on any atom is 0.191 e. The highest BCUT2D eigenvalue weighted by molar-refractivity contribution is 8.00. The first kappa shape index (κ1) is 20.7. The topological polar surface area (TPSA) is 89.3 Å². The number of carboxylic acid groups (broad SMARTS) is 1. The Kier molecular flexibility index (Phi) is 7.13. The van der Waals surface area contributed by atoms with Gasteiger partial charge in [0.25, 0.3) is 0 Å². The Balaban J connectivity index is 1.79. The lowest BCUT2D eigenvalue weighted by atomic mass is 10.1. The first-order valence-electron chi connectivity index (χ1n) is 9.18. The van der Waals surface area contributed by atoms with Crippen LogP contribution in [0.4, 0.5) is 0 Å². The lowest BCUT2D eigenvalue weighted by Crippen LogP contribution is -2.31. The van der Waals surface area contributed by atoms with Crippen molar-refractivity contribution in [3.05, 3.63) is 66.0 Å². The number of aliphatic carboxylic acids is 1. The van der Waals surface area contributed by atoms with Crippen molar-refractivity contribution in [3.8, 4) is 11.5 Å². The fourth-order valence-electron chi connectivity index (χ4n) is 2.71. The van der Waals surface area contributed by atoms with Gasteiger partial charge in [0.2, 0.25) is 0 Å². The molecule has 3 aromatic rings. The predicted molar refractivity (Wildman–Crippen MR) is 108 cm³/mol. The van der Waals surface area contributed by atoms with E-state index in [4.69, 9.17) is 9.47 Å². The molecule has 3 rings (SSSR count). The minimum atomic E-state index is -1.14. The summed E-state index contributed by atoms with van der Waals surface area (Å²) < 4.78 is 13.1. The van der Waals surface area contributed by atoms with Gasteiger partial charge in [-0.15, -0.1) is 10.2 Å².